The van der Waals surface area contributed by atoms with Crippen LogP contribution in [0.3, 0.4) is 0 Å². The summed E-state index contributed by atoms with van der Waals surface area (Å²) in [5.74, 6) is 1.45. The first kappa shape index (κ1) is 33.2. The lowest BCUT2D eigenvalue weighted by atomic mass is 10.2. The van der Waals surface area contributed by atoms with Gasteiger partial charge in [0.2, 0.25) is 0 Å². The number of hydrogen-bond acceptors (Lipinski definition) is 5. The summed E-state index contributed by atoms with van der Waals surface area (Å²) in [7, 11) is 0. The van der Waals surface area contributed by atoms with E-state index in [1.165, 1.54) is 0 Å². The Morgan fingerprint density at radius 1 is 0.739 bits per heavy atom. The predicted molar refractivity (Wildman–Crippen MR) is 198 cm³/mol. The standard InChI is InChI=1S/C39H41N7/c1-8-14-21-28-26-33-30(20-12-5)29(13-6)37(41-33)43-34(24-15-9-2)42-35(25-16-10-3)44-38-31-22-17-18-23-32(31)39(46-38)45-36(40-28)27(7)19-11-4/h9-10,12-26,46H,2-3,5,8,11H2,1,4,6-7H3,(H,41,42,43,44)/b21-14+,24-15+,25-16+,27-19+,29-13+,30-20+,33-26?,40-28?,45-36?. The van der Waals surface area contributed by atoms with Crippen LogP contribution < -0.4 is 10.4 Å². The Bertz CT molecular complexity index is 2150. The van der Waals surface area contributed by atoms with Crippen LogP contribution in [0.15, 0.2) is 92.6 Å². The molecule has 0 saturated carbocycles. The summed E-state index contributed by atoms with van der Waals surface area (Å²) in [6.07, 6.45) is 24.2. The first-order chi connectivity index (χ1) is 22.5. The number of aromatic amines is 2. The quantitative estimate of drug-likeness (QED) is 0.186. The molecule has 0 aliphatic rings. The maximum absolute atomic E-state index is 5.13. The Morgan fingerprint density at radius 2 is 1.39 bits per heavy atom. The second-order valence-corrected chi connectivity index (χ2v) is 10.2. The minimum Gasteiger partial charge on any atom is -0.339 e. The number of H-pyrrole nitrogens is 2. The van der Waals surface area contributed by atoms with Gasteiger partial charge in [0.15, 0.2) is 17.5 Å². The van der Waals surface area contributed by atoms with E-state index in [0.717, 1.165) is 50.8 Å². The average molecular weight is 608 g/mol. The highest BCUT2D eigenvalue weighted by atomic mass is 15.0. The van der Waals surface area contributed by atoms with Gasteiger partial charge < -0.3 is 9.97 Å². The van der Waals surface area contributed by atoms with Gasteiger partial charge in [-0.05, 0) is 56.6 Å². The number of nitrogens with zero attached hydrogens (tertiary/aromatic N) is 5. The Hall–Kier alpha value is -5.69. The van der Waals surface area contributed by atoms with Gasteiger partial charge in [0.05, 0.1) is 5.69 Å². The number of nitrogens with one attached hydrogen (secondary N) is 2. The molecule has 3 heterocycles. The summed E-state index contributed by atoms with van der Waals surface area (Å²) in [6, 6.07) is 10.0. The van der Waals surface area contributed by atoms with Crippen molar-refractivity contribution in [3.8, 4) is 0 Å². The van der Waals surface area contributed by atoms with Gasteiger partial charge in [-0.3, -0.25) is 0 Å². The van der Waals surface area contributed by atoms with E-state index >= 15 is 0 Å². The van der Waals surface area contributed by atoms with Gasteiger partial charge in [0, 0.05) is 26.7 Å². The van der Waals surface area contributed by atoms with Gasteiger partial charge >= 0.3 is 0 Å². The van der Waals surface area contributed by atoms with E-state index in [2.05, 4.69) is 55.7 Å². The van der Waals surface area contributed by atoms with Crippen molar-refractivity contribution >= 4 is 69.2 Å². The zero-order chi connectivity index (χ0) is 32.9. The van der Waals surface area contributed by atoms with Crippen LogP contribution in [0.1, 0.15) is 63.7 Å². The fourth-order valence-corrected chi connectivity index (χ4v) is 4.83. The third-order valence-electron chi connectivity index (χ3n) is 6.91. The van der Waals surface area contributed by atoms with Crippen molar-refractivity contribution in [2.75, 3.05) is 0 Å². The first-order valence-electron chi connectivity index (χ1n) is 15.4. The lowest BCUT2D eigenvalue weighted by Crippen LogP contribution is -2.20. The van der Waals surface area contributed by atoms with Crippen LogP contribution in [0.4, 0.5) is 0 Å². The fourth-order valence-electron chi connectivity index (χ4n) is 4.83. The zero-order valence-corrected chi connectivity index (χ0v) is 27.1. The van der Waals surface area contributed by atoms with Crippen LogP contribution in [-0.4, -0.2) is 34.9 Å². The Morgan fingerprint density at radius 3 is 1.98 bits per heavy atom. The SMILES string of the molecule is C=C/C=C/c1nc(/C=C/C=C)nc2[nH]c(nc(/C(C)=C/CC)nc(/C=C/CC)cc3[nH]c(n1)c(=C/C)/c3=C\C=C)c1ccccc21. The molecule has 2 N–H and O–H groups in total. The summed E-state index contributed by atoms with van der Waals surface area (Å²) in [6.45, 7) is 19.9. The van der Waals surface area contributed by atoms with Crippen molar-refractivity contribution < 1.29 is 0 Å². The lowest BCUT2D eigenvalue weighted by molar-refractivity contribution is 1.10. The van der Waals surface area contributed by atoms with Crippen LogP contribution in [-0.2, 0) is 0 Å². The van der Waals surface area contributed by atoms with Crippen molar-refractivity contribution in [2.45, 2.75) is 40.5 Å². The van der Waals surface area contributed by atoms with Crippen molar-refractivity contribution in [1.82, 2.24) is 34.9 Å². The summed E-state index contributed by atoms with van der Waals surface area (Å²) >= 11 is 0. The van der Waals surface area contributed by atoms with E-state index in [-0.39, 0.29) is 0 Å². The van der Waals surface area contributed by atoms with Crippen LogP contribution in [0.25, 0.3) is 69.2 Å². The largest absolute Gasteiger partial charge is 0.339 e. The Kier molecular flexibility index (Phi) is 11.8. The summed E-state index contributed by atoms with van der Waals surface area (Å²) in [4.78, 5) is 32.0. The number of hydrogen-bond donors (Lipinski definition) is 2. The van der Waals surface area contributed by atoms with Crippen molar-refractivity contribution in [2.24, 2.45) is 0 Å². The predicted octanol–water partition coefficient (Wildman–Crippen LogP) is 8.43. The molecule has 0 radical (unpaired) electrons. The van der Waals surface area contributed by atoms with Crippen molar-refractivity contribution in [3.05, 3.63) is 126 Å². The summed E-state index contributed by atoms with van der Waals surface area (Å²) in [5, 5.41) is 3.67. The maximum Gasteiger partial charge on any atom is 0.157 e. The molecule has 7 heteroatoms. The topological polar surface area (TPSA) is 96.0 Å². The fraction of sp³-hybridized carbons (Fsp3) is 0.154. The highest BCUT2D eigenvalue weighted by Gasteiger charge is 2.08. The van der Waals surface area contributed by atoms with Crippen LogP contribution in [0, 0.1) is 0 Å². The number of allylic oxidation sites excluding steroid dienone is 8. The Labute approximate surface area is 270 Å². The molecule has 1 aromatic carbocycles. The molecule has 4 aromatic rings. The summed E-state index contributed by atoms with van der Waals surface area (Å²) in [5.41, 5.74) is 4.43. The van der Waals surface area contributed by atoms with E-state index < -0.39 is 0 Å². The second-order valence-electron chi connectivity index (χ2n) is 10.2. The molecule has 4 bridgehead atoms. The maximum atomic E-state index is 5.13. The lowest BCUT2D eigenvalue weighted by Gasteiger charge is -1.99. The molecular formula is C39H41N7. The third-order valence-corrected chi connectivity index (χ3v) is 6.91. The molecule has 7 nitrogen and oxygen atoms in total. The van der Waals surface area contributed by atoms with Crippen molar-refractivity contribution in [3.63, 3.8) is 0 Å². The van der Waals surface area contributed by atoms with Gasteiger partial charge in [-0.25, -0.2) is 24.9 Å². The monoisotopic (exact) mass is 607 g/mol. The molecule has 0 aliphatic heterocycles. The van der Waals surface area contributed by atoms with E-state index in [0.29, 0.717) is 34.4 Å². The van der Waals surface area contributed by atoms with Gasteiger partial charge in [-0.15, -0.1) is 0 Å². The van der Waals surface area contributed by atoms with Crippen LogP contribution in [0.5, 0.6) is 0 Å². The van der Waals surface area contributed by atoms with Gasteiger partial charge in [-0.1, -0.05) is 113 Å². The molecule has 0 amide bonds. The summed E-state index contributed by atoms with van der Waals surface area (Å²) < 4.78 is 0. The van der Waals surface area contributed by atoms with E-state index in [1.54, 1.807) is 42.5 Å². The van der Waals surface area contributed by atoms with Crippen LogP contribution >= 0.6 is 0 Å². The molecule has 0 unspecified atom stereocenters. The zero-order valence-electron chi connectivity index (χ0n) is 27.1. The first-order valence-corrected chi connectivity index (χ1v) is 15.4. The minimum absolute atomic E-state index is 0.424. The third kappa shape index (κ3) is 8.07. The molecule has 0 spiro atoms. The average Bonchev–Trinajstić information content (AvgIpc) is 3.56. The molecule has 0 saturated heterocycles. The molecular weight excluding hydrogens is 566 g/mol. The molecule has 0 atom stereocenters. The highest BCUT2D eigenvalue weighted by molar-refractivity contribution is 6.04. The molecule has 232 valence electrons. The second kappa shape index (κ2) is 16.4. The normalized spacial score (nSPS) is 12.9. The van der Waals surface area contributed by atoms with Gasteiger partial charge in [-0.2, -0.15) is 0 Å². The van der Waals surface area contributed by atoms with E-state index in [4.69, 9.17) is 24.9 Å². The molecule has 0 fully saturated rings. The number of aromatic nitrogens is 7. The van der Waals surface area contributed by atoms with E-state index in [9.17, 15) is 0 Å². The molecule has 46 heavy (non-hydrogen) atoms. The minimum atomic E-state index is 0.424. The molecule has 4 rings (SSSR count). The number of benzene rings is 1. The number of fused-ring (bicyclic) bond motifs is 7. The van der Waals surface area contributed by atoms with Crippen LogP contribution in [0.2, 0.25) is 0 Å². The number of rotatable bonds is 9. The van der Waals surface area contributed by atoms with E-state index in [1.807, 2.05) is 62.4 Å². The molecule has 0 aliphatic carbocycles. The molecule has 3 aromatic heterocycles. The smallest absolute Gasteiger partial charge is 0.157 e. The Balaban J connectivity index is 2.41. The van der Waals surface area contributed by atoms with Gasteiger partial charge in [0.1, 0.15) is 16.9 Å². The van der Waals surface area contributed by atoms with Crippen molar-refractivity contribution in [1.29, 1.82) is 0 Å². The highest BCUT2D eigenvalue weighted by Crippen LogP contribution is 2.22. The van der Waals surface area contributed by atoms with Gasteiger partial charge in [0.25, 0.3) is 0 Å².